The molecule has 0 amide bonds. The van der Waals surface area contributed by atoms with Crippen LogP contribution < -0.4 is 11.1 Å². The van der Waals surface area contributed by atoms with Crippen LogP contribution in [0.4, 0.5) is 5.82 Å². The van der Waals surface area contributed by atoms with Crippen molar-refractivity contribution in [2.24, 2.45) is 11.7 Å². The molecule has 0 spiro atoms. The van der Waals surface area contributed by atoms with E-state index in [1.807, 2.05) is 13.0 Å². The molecule has 0 aliphatic heterocycles. The summed E-state index contributed by atoms with van der Waals surface area (Å²) in [6.07, 6.45) is 5.11. The lowest BCUT2D eigenvalue weighted by Gasteiger charge is -2.17. The number of fused-ring (bicyclic) bond motifs is 1. The first-order chi connectivity index (χ1) is 8.74. The molecule has 0 radical (unpaired) electrons. The fourth-order valence-corrected chi connectivity index (χ4v) is 2.61. The first-order valence-corrected chi connectivity index (χ1v) is 6.41. The van der Waals surface area contributed by atoms with Crippen molar-refractivity contribution < 1.29 is 0 Å². The average Bonchev–Trinajstić information content (AvgIpc) is 2.94. The van der Waals surface area contributed by atoms with Crippen molar-refractivity contribution in [3.63, 3.8) is 0 Å². The lowest BCUT2D eigenvalue weighted by molar-refractivity contribution is 0.504. The summed E-state index contributed by atoms with van der Waals surface area (Å²) in [5.74, 6) is 2.12. The van der Waals surface area contributed by atoms with E-state index in [0.29, 0.717) is 17.7 Å². The molecule has 1 fully saturated rings. The van der Waals surface area contributed by atoms with Gasteiger partial charge >= 0.3 is 0 Å². The molecule has 2 heterocycles. The van der Waals surface area contributed by atoms with Crippen molar-refractivity contribution in [2.45, 2.75) is 32.2 Å². The molecule has 3 rings (SSSR count). The summed E-state index contributed by atoms with van der Waals surface area (Å²) >= 11 is 0. The van der Waals surface area contributed by atoms with Crippen molar-refractivity contribution in [2.75, 3.05) is 11.9 Å². The Morgan fingerprint density at radius 2 is 2.39 bits per heavy atom. The van der Waals surface area contributed by atoms with Gasteiger partial charge in [-0.15, -0.1) is 0 Å². The molecule has 96 valence electrons. The van der Waals surface area contributed by atoms with Crippen LogP contribution in [0.15, 0.2) is 12.4 Å². The van der Waals surface area contributed by atoms with Gasteiger partial charge in [-0.3, -0.25) is 0 Å². The molecule has 2 aromatic rings. The normalized spacial score (nSPS) is 23.7. The number of nitrogens with one attached hydrogen (secondary N) is 1. The Balaban J connectivity index is 1.79. The van der Waals surface area contributed by atoms with Crippen molar-refractivity contribution >= 4 is 11.6 Å². The number of aryl methyl sites for hydroxylation is 1. The molecule has 18 heavy (non-hydrogen) atoms. The van der Waals surface area contributed by atoms with Gasteiger partial charge in [-0.05, 0) is 25.7 Å². The van der Waals surface area contributed by atoms with Crippen LogP contribution in [0.1, 0.15) is 25.0 Å². The molecular weight excluding hydrogens is 228 g/mol. The zero-order chi connectivity index (χ0) is 12.5. The number of nitrogens with zero attached hydrogens (tertiary/aromatic N) is 4. The first kappa shape index (κ1) is 11.4. The van der Waals surface area contributed by atoms with E-state index in [1.165, 1.54) is 19.2 Å². The predicted octanol–water partition coefficient (Wildman–Crippen LogP) is 0.972. The Bertz CT molecular complexity index is 548. The fraction of sp³-hybridized carbons (Fsp3) is 0.583. The summed E-state index contributed by atoms with van der Waals surface area (Å²) in [6.45, 7) is 2.85. The summed E-state index contributed by atoms with van der Waals surface area (Å²) in [5.41, 5.74) is 7.02. The number of hydrogen-bond donors (Lipinski definition) is 2. The minimum atomic E-state index is 0.326. The monoisotopic (exact) mass is 246 g/mol. The van der Waals surface area contributed by atoms with Gasteiger partial charge in [0.15, 0.2) is 0 Å². The largest absolute Gasteiger partial charge is 0.370 e. The van der Waals surface area contributed by atoms with Crippen LogP contribution in [0, 0.1) is 12.8 Å². The van der Waals surface area contributed by atoms with Gasteiger partial charge in [0.05, 0.1) is 0 Å². The smallest absolute Gasteiger partial charge is 0.254 e. The summed E-state index contributed by atoms with van der Waals surface area (Å²) < 4.78 is 1.73. The van der Waals surface area contributed by atoms with E-state index in [1.54, 1.807) is 4.52 Å². The quantitative estimate of drug-likeness (QED) is 0.843. The van der Waals surface area contributed by atoms with Gasteiger partial charge in [0.1, 0.15) is 12.1 Å². The van der Waals surface area contributed by atoms with Crippen LogP contribution in [0.3, 0.4) is 0 Å². The third-order valence-corrected chi connectivity index (χ3v) is 3.64. The van der Waals surface area contributed by atoms with Gasteiger partial charge < -0.3 is 11.1 Å². The highest BCUT2D eigenvalue weighted by atomic mass is 15.3. The fourth-order valence-electron chi connectivity index (χ4n) is 2.61. The molecule has 3 N–H and O–H groups in total. The second-order valence-corrected chi connectivity index (χ2v) is 4.99. The highest BCUT2D eigenvalue weighted by molar-refractivity contribution is 5.44. The van der Waals surface area contributed by atoms with E-state index < -0.39 is 0 Å². The molecule has 6 heteroatoms. The molecular formula is C12H18N6. The van der Waals surface area contributed by atoms with Crippen molar-refractivity contribution in [3.05, 3.63) is 18.1 Å². The minimum Gasteiger partial charge on any atom is -0.370 e. The summed E-state index contributed by atoms with van der Waals surface area (Å²) in [4.78, 5) is 8.43. The number of rotatable bonds is 3. The molecule has 0 bridgehead atoms. The second-order valence-electron chi connectivity index (χ2n) is 4.99. The van der Waals surface area contributed by atoms with Gasteiger partial charge in [-0.2, -0.15) is 14.6 Å². The average molecular weight is 246 g/mol. The molecule has 2 atom stereocenters. The highest BCUT2D eigenvalue weighted by Crippen LogP contribution is 2.24. The van der Waals surface area contributed by atoms with Gasteiger partial charge in [-0.1, -0.05) is 6.42 Å². The maximum atomic E-state index is 6.08. The predicted molar refractivity (Wildman–Crippen MR) is 69.3 cm³/mol. The lowest BCUT2D eigenvalue weighted by Crippen LogP contribution is -2.30. The SMILES string of the molecule is Cc1cc(NCC2CCCC2N)n2ncnc2n1. The summed E-state index contributed by atoms with van der Waals surface area (Å²) in [5, 5.41) is 7.60. The van der Waals surface area contributed by atoms with E-state index in [-0.39, 0.29) is 0 Å². The molecule has 6 nitrogen and oxygen atoms in total. The van der Waals surface area contributed by atoms with E-state index in [4.69, 9.17) is 5.73 Å². The van der Waals surface area contributed by atoms with Gasteiger partial charge in [0, 0.05) is 24.3 Å². The highest BCUT2D eigenvalue weighted by Gasteiger charge is 2.23. The third-order valence-electron chi connectivity index (χ3n) is 3.64. The maximum absolute atomic E-state index is 6.08. The topological polar surface area (TPSA) is 81.1 Å². The molecule has 0 aromatic carbocycles. The van der Waals surface area contributed by atoms with Crippen molar-refractivity contribution in [1.29, 1.82) is 0 Å². The summed E-state index contributed by atoms with van der Waals surface area (Å²) in [7, 11) is 0. The Morgan fingerprint density at radius 3 is 3.17 bits per heavy atom. The number of aromatic nitrogens is 4. The Labute approximate surface area is 106 Å². The number of nitrogens with two attached hydrogens (primary N) is 1. The van der Waals surface area contributed by atoms with Crippen LogP contribution in [-0.2, 0) is 0 Å². The Kier molecular flexibility index (Phi) is 2.87. The Hall–Kier alpha value is -1.69. The van der Waals surface area contributed by atoms with Crippen LogP contribution in [-0.4, -0.2) is 32.2 Å². The standard InChI is InChI=1S/C12H18N6/c1-8-5-11(18-12(17-8)15-7-16-18)14-6-9-3-2-4-10(9)13/h5,7,9-10,14H,2-4,6,13H2,1H3. The third kappa shape index (κ3) is 2.03. The summed E-state index contributed by atoms with van der Waals surface area (Å²) in [6, 6.07) is 2.31. The van der Waals surface area contributed by atoms with Crippen molar-refractivity contribution in [3.8, 4) is 0 Å². The van der Waals surface area contributed by atoms with Crippen LogP contribution >= 0.6 is 0 Å². The van der Waals surface area contributed by atoms with Crippen molar-refractivity contribution in [1.82, 2.24) is 19.6 Å². The molecule has 1 saturated carbocycles. The van der Waals surface area contributed by atoms with Crippen LogP contribution in [0.25, 0.3) is 5.78 Å². The number of hydrogen-bond acceptors (Lipinski definition) is 5. The van der Waals surface area contributed by atoms with E-state index in [0.717, 1.165) is 24.5 Å². The second kappa shape index (κ2) is 4.53. The zero-order valence-corrected chi connectivity index (χ0v) is 10.5. The molecule has 2 aromatic heterocycles. The van der Waals surface area contributed by atoms with E-state index >= 15 is 0 Å². The van der Waals surface area contributed by atoms with Gasteiger partial charge in [0.25, 0.3) is 5.78 Å². The van der Waals surface area contributed by atoms with Crippen LogP contribution in [0.2, 0.25) is 0 Å². The van der Waals surface area contributed by atoms with Crippen LogP contribution in [0.5, 0.6) is 0 Å². The minimum absolute atomic E-state index is 0.326. The maximum Gasteiger partial charge on any atom is 0.254 e. The number of anilines is 1. The van der Waals surface area contributed by atoms with Gasteiger partial charge in [-0.25, -0.2) is 4.98 Å². The van der Waals surface area contributed by atoms with Gasteiger partial charge in [0.2, 0.25) is 0 Å². The lowest BCUT2D eigenvalue weighted by atomic mass is 10.1. The Morgan fingerprint density at radius 1 is 1.50 bits per heavy atom. The molecule has 2 unspecified atom stereocenters. The molecule has 1 aliphatic rings. The molecule has 1 aliphatic carbocycles. The molecule has 0 saturated heterocycles. The first-order valence-electron chi connectivity index (χ1n) is 6.41. The van der Waals surface area contributed by atoms with E-state index in [9.17, 15) is 0 Å². The zero-order valence-electron chi connectivity index (χ0n) is 10.5. The van der Waals surface area contributed by atoms with E-state index in [2.05, 4.69) is 20.4 Å².